The number of nitro groups is 1. The van der Waals surface area contributed by atoms with Crippen LogP contribution in [0.1, 0.15) is 22.3 Å². The highest BCUT2D eigenvalue weighted by Gasteiger charge is 2.72. The Balaban J connectivity index is 1.61. The molecule has 2 atom stereocenters. The van der Waals surface area contributed by atoms with Gasteiger partial charge in [-0.05, 0) is 28.3 Å². The van der Waals surface area contributed by atoms with Crippen LogP contribution in [0.4, 0.5) is 11.4 Å². The van der Waals surface area contributed by atoms with Crippen LogP contribution in [-0.2, 0) is 18.2 Å². The van der Waals surface area contributed by atoms with Gasteiger partial charge >= 0.3 is 0 Å². The van der Waals surface area contributed by atoms with Crippen molar-refractivity contribution in [3.8, 4) is 5.75 Å². The number of anilines is 1. The number of hydrogen-bond donors (Lipinski definition) is 0. The number of imide groups is 1. The Bertz CT molecular complexity index is 1320. The van der Waals surface area contributed by atoms with Crippen LogP contribution >= 0.6 is 31.9 Å². The summed E-state index contributed by atoms with van der Waals surface area (Å²) in [6.07, 6.45) is 0. The third-order valence-electron chi connectivity index (χ3n) is 7.20. The largest absolute Gasteiger partial charge is 0.494 e. The zero-order valence-electron chi connectivity index (χ0n) is 17.7. The van der Waals surface area contributed by atoms with Crippen molar-refractivity contribution in [2.75, 3.05) is 12.0 Å². The number of ether oxygens (including phenoxy) is 1. The topological polar surface area (TPSA) is 89.8 Å². The van der Waals surface area contributed by atoms with Gasteiger partial charge in [0.15, 0.2) is 0 Å². The van der Waals surface area contributed by atoms with Gasteiger partial charge in [-0.2, -0.15) is 0 Å². The van der Waals surface area contributed by atoms with Crippen LogP contribution in [0.5, 0.6) is 5.75 Å². The minimum absolute atomic E-state index is 0.0872. The summed E-state index contributed by atoms with van der Waals surface area (Å²) in [4.78, 5) is 40.0. The lowest BCUT2D eigenvalue weighted by atomic mass is 9.54. The molecule has 0 unspecified atom stereocenters. The molecule has 0 saturated carbocycles. The summed E-state index contributed by atoms with van der Waals surface area (Å²) in [6, 6.07) is 19.5. The van der Waals surface area contributed by atoms with Gasteiger partial charge in [-0.3, -0.25) is 19.7 Å². The predicted octanol–water partition coefficient (Wildman–Crippen LogP) is 5.01. The van der Waals surface area contributed by atoms with E-state index >= 15 is 0 Å². The molecule has 9 heteroatoms. The number of methoxy groups -OCH3 is 1. The molecule has 3 aromatic rings. The third kappa shape index (κ3) is 2.36. The maximum Gasteiger partial charge on any atom is 0.273 e. The highest BCUT2D eigenvalue weighted by atomic mass is 79.9. The second kappa shape index (κ2) is 6.99. The summed E-state index contributed by atoms with van der Waals surface area (Å²) in [5, 5.41) is 11.3. The van der Waals surface area contributed by atoms with E-state index in [2.05, 4.69) is 31.9 Å². The summed E-state index contributed by atoms with van der Waals surface area (Å²) in [6.45, 7) is 0. The molecule has 7 rings (SSSR count). The molecule has 0 radical (unpaired) electrons. The Morgan fingerprint density at radius 3 is 1.68 bits per heavy atom. The first-order chi connectivity index (χ1) is 16.3. The van der Waals surface area contributed by atoms with Gasteiger partial charge in [0.05, 0.1) is 44.3 Å². The van der Waals surface area contributed by atoms with Crippen LogP contribution in [0.2, 0.25) is 0 Å². The van der Waals surface area contributed by atoms with Crippen molar-refractivity contribution >= 4 is 55.0 Å². The SMILES string of the molecule is COc1cc([N+](=O)[O-])ccc1N1C(=O)[C@@H]2[C@H](C1=O)C1(Br)c3ccccc3C2(Br)c2ccccc21. The van der Waals surface area contributed by atoms with E-state index in [-0.39, 0.29) is 28.9 Å². The number of nitro benzene ring substituents is 1. The fraction of sp³-hybridized carbons (Fsp3) is 0.200. The van der Waals surface area contributed by atoms with E-state index in [0.717, 1.165) is 27.2 Å². The Labute approximate surface area is 211 Å². The van der Waals surface area contributed by atoms with Gasteiger partial charge in [-0.1, -0.05) is 80.4 Å². The lowest BCUT2D eigenvalue weighted by molar-refractivity contribution is -0.384. The van der Waals surface area contributed by atoms with E-state index in [1.807, 2.05) is 48.5 Å². The number of carbonyl (C=O) groups excluding carboxylic acids is 2. The number of nitrogens with zero attached hydrogens (tertiary/aromatic N) is 2. The third-order valence-corrected chi connectivity index (χ3v) is 9.90. The monoisotopic (exact) mass is 582 g/mol. The first-order valence-corrected chi connectivity index (χ1v) is 12.1. The van der Waals surface area contributed by atoms with Crippen LogP contribution in [0.15, 0.2) is 66.7 Å². The number of benzene rings is 3. The first-order valence-electron chi connectivity index (χ1n) is 10.5. The average molecular weight is 584 g/mol. The molecule has 0 aromatic heterocycles. The molecular formula is C25H16Br2N2O5. The lowest BCUT2D eigenvalue weighted by Gasteiger charge is -2.55. The molecule has 3 aromatic carbocycles. The van der Waals surface area contributed by atoms with Crippen molar-refractivity contribution in [2.45, 2.75) is 8.65 Å². The minimum Gasteiger partial charge on any atom is -0.494 e. The van der Waals surface area contributed by atoms with Gasteiger partial charge in [0, 0.05) is 6.07 Å². The Morgan fingerprint density at radius 2 is 1.29 bits per heavy atom. The number of halogens is 2. The maximum atomic E-state index is 14.1. The average Bonchev–Trinajstić information content (AvgIpc) is 3.13. The molecule has 34 heavy (non-hydrogen) atoms. The second-order valence-corrected chi connectivity index (χ2v) is 11.1. The minimum atomic E-state index is -0.907. The molecule has 3 aliphatic carbocycles. The van der Waals surface area contributed by atoms with Crippen molar-refractivity contribution in [2.24, 2.45) is 11.8 Å². The Kier molecular flexibility index (Phi) is 4.42. The van der Waals surface area contributed by atoms with E-state index in [1.165, 1.54) is 25.3 Å². The molecule has 1 fully saturated rings. The van der Waals surface area contributed by atoms with Crippen LogP contribution in [0.25, 0.3) is 0 Å². The van der Waals surface area contributed by atoms with Crippen molar-refractivity contribution in [1.29, 1.82) is 0 Å². The molecule has 1 aliphatic heterocycles. The van der Waals surface area contributed by atoms with Gasteiger partial charge in [-0.15, -0.1) is 0 Å². The molecule has 2 amide bonds. The van der Waals surface area contributed by atoms with Crippen molar-refractivity contribution in [1.82, 2.24) is 0 Å². The highest BCUT2D eigenvalue weighted by molar-refractivity contribution is 9.10. The van der Waals surface area contributed by atoms with Crippen LogP contribution in [-0.4, -0.2) is 23.8 Å². The Hall–Kier alpha value is -3.04. The molecule has 7 nitrogen and oxygen atoms in total. The fourth-order valence-electron chi connectivity index (χ4n) is 5.87. The van der Waals surface area contributed by atoms with Gasteiger partial charge in [0.25, 0.3) is 5.69 Å². The Morgan fingerprint density at radius 1 is 0.853 bits per heavy atom. The fourth-order valence-corrected chi connectivity index (χ4v) is 8.17. The van der Waals surface area contributed by atoms with Crippen LogP contribution in [0, 0.1) is 22.0 Å². The number of non-ortho nitro benzene ring substituents is 1. The van der Waals surface area contributed by atoms with E-state index < -0.39 is 25.4 Å². The van der Waals surface area contributed by atoms with E-state index in [9.17, 15) is 19.7 Å². The van der Waals surface area contributed by atoms with Crippen molar-refractivity contribution in [3.05, 3.63) is 99.1 Å². The van der Waals surface area contributed by atoms with Crippen LogP contribution < -0.4 is 9.64 Å². The maximum absolute atomic E-state index is 14.1. The van der Waals surface area contributed by atoms with Crippen molar-refractivity contribution < 1.29 is 19.2 Å². The normalized spacial score (nSPS) is 28.4. The molecule has 4 aliphatic rings. The predicted molar refractivity (Wildman–Crippen MR) is 131 cm³/mol. The van der Waals surface area contributed by atoms with E-state index in [1.54, 1.807) is 0 Å². The standard InChI is InChI=1S/C25H16Br2N2O5/c1-34-19-12-13(29(32)33)10-11-18(19)28-22(30)20-21(23(28)31)25(27)15-7-3-2-6-14(15)24(20,26)16-8-4-5-9-17(16)25/h2-12,20-21H,1H3/t20-,21+,24?,25?. The van der Waals surface area contributed by atoms with Gasteiger partial charge in [0.2, 0.25) is 11.8 Å². The second-order valence-electron chi connectivity index (χ2n) is 8.60. The number of hydrogen-bond acceptors (Lipinski definition) is 5. The highest BCUT2D eigenvalue weighted by Crippen LogP contribution is 2.71. The number of alkyl halides is 2. The molecule has 0 N–H and O–H groups in total. The summed E-state index contributed by atoms with van der Waals surface area (Å²) in [7, 11) is 1.36. The number of carbonyl (C=O) groups is 2. The summed E-state index contributed by atoms with van der Waals surface area (Å²) >= 11 is 7.91. The number of amides is 2. The molecule has 1 heterocycles. The molecule has 1 saturated heterocycles. The summed E-state index contributed by atoms with van der Waals surface area (Å²) in [5.41, 5.74) is 3.75. The van der Waals surface area contributed by atoms with Gasteiger partial charge in [0.1, 0.15) is 5.75 Å². The van der Waals surface area contributed by atoms with Crippen LogP contribution in [0.3, 0.4) is 0 Å². The summed E-state index contributed by atoms with van der Waals surface area (Å²) in [5.74, 6) is -2.14. The van der Waals surface area contributed by atoms with Gasteiger partial charge in [-0.25, -0.2) is 4.90 Å². The van der Waals surface area contributed by atoms with Crippen molar-refractivity contribution in [3.63, 3.8) is 0 Å². The molecule has 2 bridgehead atoms. The van der Waals surface area contributed by atoms with Gasteiger partial charge < -0.3 is 4.74 Å². The molecule has 170 valence electrons. The smallest absolute Gasteiger partial charge is 0.273 e. The quantitative estimate of drug-likeness (QED) is 0.187. The van der Waals surface area contributed by atoms with E-state index in [4.69, 9.17) is 4.74 Å². The summed E-state index contributed by atoms with van der Waals surface area (Å²) < 4.78 is 3.55. The number of rotatable bonds is 3. The van der Waals surface area contributed by atoms with E-state index in [0.29, 0.717) is 0 Å². The molecule has 0 spiro atoms. The zero-order chi connectivity index (χ0) is 24.0. The first kappa shape index (κ1) is 21.5. The molecular weight excluding hydrogens is 568 g/mol. The zero-order valence-corrected chi connectivity index (χ0v) is 20.9. The lowest BCUT2D eigenvalue weighted by Crippen LogP contribution is -2.56.